The maximum absolute atomic E-state index is 12.1. The molecule has 10 heterocycles. The van der Waals surface area contributed by atoms with Gasteiger partial charge in [-0.3, -0.25) is 20.0 Å². The molecule has 4 N–H and O–H groups in total. The Labute approximate surface area is 333 Å². The van der Waals surface area contributed by atoms with Crippen molar-refractivity contribution in [2.45, 2.75) is 139 Å². The van der Waals surface area contributed by atoms with Crippen LogP contribution in [0.2, 0.25) is 0 Å². The summed E-state index contributed by atoms with van der Waals surface area (Å²) in [5.74, 6) is 0. The molecule has 1 radical (unpaired) electrons. The van der Waals surface area contributed by atoms with E-state index in [1.807, 2.05) is 12.2 Å². The zero-order valence-corrected chi connectivity index (χ0v) is 33.3. The van der Waals surface area contributed by atoms with Crippen molar-refractivity contribution < 1.29 is 43.0 Å². The summed E-state index contributed by atoms with van der Waals surface area (Å²) in [5, 5.41) is 14.0. The van der Waals surface area contributed by atoms with E-state index in [0.717, 1.165) is 98.4 Å². The molecule has 6 atom stereocenters. The van der Waals surface area contributed by atoms with Crippen LogP contribution >= 0.6 is 0 Å². The molecule has 10 rings (SSSR count). The van der Waals surface area contributed by atoms with Crippen LogP contribution in [0, 0.1) is 0 Å². The number of nitrogens with zero attached hydrogens (tertiary/aromatic N) is 4. The first-order valence-electron chi connectivity index (χ1n) is 19.5. The van der Waals surface area contributed by atoms with Crippen molar-refractivity contribution in [2.24, 2.45) is 20.0 Å². The van der Waals surface area contributed by atoms with Gasteiger partial charge < -0.3 is 30.4 Å². The van der Waals surface area contributed by atoms with Crippen molar-refractivity contribution in [1.82, 2.24) is 21.3 Å². The molecule has 55 heavy (non-hydrogen) atoms. The standard InChI is InChI=1S/2C19H24N4O3S.Mn/c2*24-27(25,26)19-17-6-4-14(22-17)10-12-2-1-11(20-12)9-13-3-5-15(21-13)16-7-8-18(19)23-16;/h2*9-10,15-16,18,21,23H,1-8H2,(H,24,25,26);/q;;+2/p-2. The number of rotatable bonds is 2. The summed E-state index contributed by atoms with van der Waals surface area (Å²) in [6, 6.07) is -0.0319. The van der Waals surface area contributed by atoms with Crippen LogP contribution in [-0.2, 0) is 37.3 Å². The minimum absolute atomic E-state index is 0. The number of nitrogens with one attached hydrogen (secondary N) is 4. The van der Waals surface area contributed by atoms with Gasteiger partial charge in [0.2, 0.25) is 0 Å². The molecule has 0 amide bonds. The SMILES string of the molecule is O=S(=O)([O-])C1=C2CCC(=N2)C=C2CCC(=N2)C=C2CCC(N2)C2CCC1N2.O=S(=O)([O-])C1=C2CCC(=N2)C=C2CCC(=N2)C=C2CCC(N2)C2CCC1N2.[Mn+2]. The van der Waals surface area contributed by atoms with Crippen LogP contribution in [-0.4, -0.2) is 85.0 Å². The van der Waals surface area contributed by atoms with E-state index in [4.69, 9.17) is 9.98 Å². The van der Waals surface area contributed by atoms with E-state index in [9.17, 15) is 25.9 Å². The predicted octanol–water partition coefficient (Wildman–Crippen LogP) is 3.73. The van der Waals surface area contributed by atoms with Crippen molar-refractivity contribution in [3.63, 3.8) is 0 Å². The average Bonchev–Trinajstić information content (AvgIpc) is 3.94. The molecule has 10 aliphatic heterocycles. The molecule has 6 unspecified atom stereocenters. The Kier molecular flexibility index (Phi) is 10.9. The van der Waals surface area contributed by atoms with Gasteiger partial charge in [-0.1, -0.05) is 0 Å². The first-order chi connectivity index (χ1) is 25.9. The fourth-order valence-corrected chi connectivity index (χ4v) is 11.7. The van der Waals surface area contributed by atoms with Gasteiger partial charge in [0, 0.05) is 81.9 Å². The molecule has 293 valence electrons. The summed E-state index contributed by atoms with van der Waals surface area (Å²) >= 11 is 0. The van der Waals surface area contributed by atoms with E-state index in [1.165, 1.54) is 11.4 Å². The van der Waals surface area contributed by atoms with E-state index < -0.39 is 32.3 Å². The van der Waals surface area contributed by atoms with E-state index in [2.05, 4.69) is 43.4 Å². The van der Waals surface area contributed by atoms with Crippen molar-refractivity contribution in [1.29, 1.82) is 0 Å². The first kappa shape index (κ1) is 38.8. The van der Waals surface area contributed by atoms with Gasteiger partial charge in [-0.15, -0.1) is 0 Å². The van der Waals surface area contributed by atoms with Crippen LogP contribution in [0.15, 0.2) is 88.3 Å². The Morgan fingerprint density at radius 3 is 1.29 bits per heavy atom. The second kappa shape index (κ2) is 15.4. The van der Waals surface area contributed by atoms with E-state index in [1.54, 1.807) is 0 Å². The van der Waals surface area contributed by atoms with Crippen molar-refractivity contribution in [2.75, 3.05) is 0 Å². The summed E-state index contributed by atoms with van der Waals surface area (Å²) in [7, 11) is -9.10. The summed E-state index contributed by atoms with van der Waals surface area (Å²) in [6.45, 7) is 0. The predicted molar refractivity (Wildman–Crippen MR) is 205 cm³/mol. The number of hydrogen-bond donors (Lipinski definition) is 4. The van der Waals surface area contributed by atoms with Crippen LogP contribution in [0.5, 0.6) is 0 Å². The Hall–Kier alpha value is -3.02. The monoisotopic (exact) mass is 829 g/mol. The smallest absolute Gasteiger partial charge is 0.744 e. The summed E-state index contributed by atoms with van der Waals surface area (Å²) < 4.78 is 72.4. The molecule has 17 heteroatoms. The zero-order chi connectivity index (χ0) is 37.2. The molecule has 0 aliphatic carbocycles. The van der Waals surface area contributed by atoms with E-state index in [-0.39, 0.29) is 51.0 Å². The number of allylic oxidation sites excluding steroid dienone is 10. The molecule has 0 spiro atoms. The topological polar surface area (TPSA) is 212 Å². The maximum Gasteiger partial charge on any atom is 2.00 e. The van der Waals surface area contributed by atoms with Crippen molar-refractivity contribution in [3.8, 4) is 0 Å². The van der Waals surface area contributed by atoms with Gasteiger partial charge in [-0.05, 0) is 127 Å². The fourth-order valence-electron chi connectivity index (χ4n) is 9.79. The van der Waals surface area contributed by atoms with Gasteiger partial charge in [0.25, 0.3) is 0 Å². The normalized spacial score (nSPS) is 32.4. The van der Waals surface area contributed by atoms with Crippen LogP contribution in [0.25, 0.3) is 0 Å². The quantitative estimate of drug-likeness (QED) is 0.234. The Morgan fingerprint density at radius 2 is 0.873 bits per heavy atom. The number of hydrogen-bond acceptors (Lipinski definition) is 14. The summed E-state index contributed by atoms with van der Waals surface area (Å²) in [6.07, 6.45) is 21.1. The summed E-state index contributed by atoms with van der Waals surface area (Å²) in [5.41, 5.74) is 9.07. The molecule has 0 saturated carbocycles. The van der Waals surface area contributed by atoms with Gasteiger partial charge in [0.05, 0.1) is 21.2 Å². The second-order valence-corrected chi connectivity index (χ2v) is 18.6. The molecule has 0 aromatic carbocycles. The van der Waals surface area contributed by atoms with Gasteiger partial charge in [-0.2, -0.15) is 0 Å². The van der Waals surface area contributed by atoms with Gasteiger partial charge in [-0.25, -0.2) is 16.8 Å². The number of aliphatic imine (C=N–C) groups is 4. The summed E-state index contributed by atoms with van der Waals surface area (Å²) in [4.78, 5) is 18.4. The molecule has 0 aromatic heterocycles. The molecule has 4 saturated heterocycles. The molecule has 14 nitrogen and oxygen atoms in total. The second-order valence-electron chi connectivity index (χ2n) is 15.9. The Bertz CT molecular complexity index is 2050. The molecular formula is C38H46MnN8O6S2. The molecule has 4 fully saturated rings. The van der Waals surface area contributed by atoms with Crippen LogP contribution in [0.4, 0.5) is 0 Å². The fraction of sp³-hybridized carbons (Fsp3) is 0.579. The van der Waals surface area contributed by atoms with Crippen molar-refractivity contribution >= 4 is 43.1 Å². The molecular weight excluding hydrogens is 784 g/mol. The van der Waals surface area contributed by atoms with Gasteiger partial charge in [0.1, 0.15) is 20.2 Å². The third-order valence-corrected chi connectivity index (χ3v) is 14.4. The zero-order valence-electron chi connectivity index (χ0n) is 30.5. The van der Waals surface area contributed by atoms with Gasteiger partial charge >= 0.3 is 17.1 Å². The molecule has 0 aromatic rings. The number of fused-ring (bicyclic) bond motifs is 14. The third-order valence-electron chi connectivity index (χ3n) is 12.3. The van der Waals surface area contributed by atoms with Gasteiger partial charge in [0.15, 0.2) is 0 Å². The van der Waals surface area contributed by atoms with Crippen molar-refractivity contribution in [3.05, 3.63) is 68.3 Å². The molecule has 10 aliphatic rings. The minimum atomic E-state index is -4.55. The van der Waals surface area contributed by atoms with Crippen LogP contribution < -0.4 is 21.3 Å². The largest absolute Gasteiger partial charge is 2.00 e. The van der Waals surface area contributed by atoms with Crippen LogP contribution in [0.1, 0.15) is 103 Å². The maximum atomic E-state index is 12.1. The van der Waals surface area contributed by atoms with E-state index >= 15 is 0 Å². The molecule has 16 bridgehead atoms. The third kappa shape index (κ3) is 8.36. The average molecular weight is 830 g/mol. The first-order valence-corrected chi connectivity index (χ1v) is 22.3. The Balaban J connectivity index is 0.000000153. The Morgan fingerprint density at radius 1 is 0.473 bits per heavy atom. The van der Waals surface area contributed by atoms with E-state index in [0.29, 0.717) is 49.9 Å². The minimum Gasteiger partial charge on any atom is -0.744 e. The van der Waals surface area contributed by atoms with Crippen LogP contribution in [0.3, 0.4) is 0 Å².